The van der Waals surface area contributed by atoms with Crippen LogP contribution in [0.2, 0.25) is 0 Å². The van der Waals surface area contributed by atoms with Crippen molar-refractivity contribution in [2.24, 2.45) is 0 Å². The summed E-state index contributed by atoms with van der Waals surface area (Å²) >= 11 is 0. The van der Waals surface area contributed by atoms with Crippen LogP contribution in [0.4, 0.5) is 0 Å². The van der Waals surface area contributed by atoms with Gasteiger partial charge in [0.15, 0.2) is 6.10 Å². The summed E-state index contributed by atoms with van der Waals surface area (Å²) in [7, 11) is 0. The Morgan fingerprint density at radius 2 is 0.487 bits per heavy atom. The second-order valence-corrected chi connectivity index (χ2v) is 23.8. The van der Waals surface area contributed by atoms with E-state index in [2.05, 4.69) is 81.5 Å². The van der Waals surface area contributed by atoms with Crippen molar-refractivity contribution in [3.8, 4) is 0 Å². The Morgan fingerprint density at radius 3 is 0.762 bits per heavy atom. The van der Waals surface area contributed by atoms with Gasteiger partial charge in [0.2, 0.25) is 0 Å². The Labute approximate surface area is 498 Å². The molecule has 80 heavy (non-hydrogen) atoms. The van der Waals surface area contributed by atoms with Gasteiger partial charge >= 0.3 is 17.9 Å². The molecule has 0 aromatic carbocycles. The lowest BCUT2D eigenvalue weighted by Crippen LogP contribution is -2.30. The first kappa shape index (κ1) is 77.1. The van der Waals surface area contributed by atoms with E-state index in [9.17, 15) is 14.4 Å². The van der Waals surface area contributed by atoms with Gasteiger partial charge in [0.05, 0.1) is 0 Å². The first-order valence-electron chi connectivity index (χ1n) is 35.3. The fourth-order valence-electron chi connectivity index (χ4n) is 10.5. The first-order chi connectivity index (χ1) is 39.5. The van der Waals surface area contributed by atoms with Crippen LogP contribution in [0.1, 0.15) is 374 Å². The van der Waals surface area contributed by atoms with Crippen molar-refractivity contribution in [1.29, 1.82) is 0 Å². The summed E-state index contributed by atoms with van der Waals surface area (Å²) in [6, 6.07) is 0. The van der Waals surface area contributed by atoms with Crippen LogP contribution in [0.3, 0.4) is 0 Å². The second-order valence-electron chi connectivity index (χ2n) is 23.8. The molecule has 0 aromatic rings. The Bertz CT molecular complexity index is 1430. The van der Waals surface area contributed by atoms with Gasteiger partial charge in [0.25, 0.3) is 0 Å². The minimum Gasteiger partial charge on any atom is -0.462 e. The molecule has 466 valence electrons. The van der Waals surface area contributed by atoms with Crippen LogP contribution >= 0.6 is 0 Å². The molecular weight excluding hydrogens is 985 g/mol. The molecule has 0 bridgehead atoms. The largest absolute Gasteiger partial charge is 0.462 e. The molecule has 0 rings (SSSR count). The van der Waals surface area contributed by atoms with Crippen LogP contribution in [0.5, 0.6) is 0 Å². The number of ether oxygens (including phenoxy) is 3. The number of carbonyl (C=O) groups is 3. The Hall–Kier alpha value is -2.89. The molecule has 0 fully saturated rings. The van der Waals surface area contributed by atoms with Gasteiger partial charge < -0.3 is 14.2 Å². The van der Waals surface area contributed by atoms with Crippen LogP contribution in [-0.4, -0.2) is 37.2 Å². The standard InChI is InChI=1S/C74H134O6/c1-4-7-10-13-16-19-22-24-26-28-30-31-32-33-34-35-36-37-38-39-40-41-42-43-45-46-48-50-52-55-58-61-64-67-73(76)79-70-71(69-78-72(75)66-63-60-57-54-21-18-15-12-9-6-3)80-74(77)68-65-62-59-56-53-51-49-47-44-29-27-25-23-20-17-14-11-8-5-2/h8,11,17,20,25,27,44,47,51,53,71H,4-7,9-10,12-16,18-19,21-24,26,28-43,45-46,48-50,52,54-70H2,1-3H3/b11-8-,20-17-,27-25-,47-44-,53-51-. The van der Waals surface area contributed by atoms with Crippen LogP contribution in [-0.2, 0) is 28.6 Å². The lowest BCUT2D eigenvalue weighted by atomic mass is 10.0. The zero-order valence-electron chi connectivity index (χ0n) is 53.6. The fraction of sp³-hybridized carbons (Fsp3) is 0.824. The molecule has 0 spiro atoms. The van der Waals surface area contributed by atoms with Crippen molar-refractivity contribution in [1.82, 2.24) is 0 Å². The first-order valence-corrected chi connectivity index (χ1v) is 35.3. The lowest BCUT2D eigenvalue weighted by molar-refractivity contribution is -0.167. The number of esters is 3. The molecule has 6 heteroatoms. The molecule has 0 aliphatic heterocycles. The van der Waals surface area contributed by atoms with E-state index in [-0.39, 0.29) is 31.1 Å². The molecule has 0 saturated carbocycles. The maximum Gasteiger partial charge on any atom is 0.306 e. The normalized spacial score (nSPS) is 12.4. The van der Waals surface area contributed by atoms with Gasteiger partial charge in [0, 0.05) is 19.3 Å². The highest BCUT2D eigenvalue weighted by Gasteiger charge is 2.19. The van der Waals surface area contributed by atoms with E-state index in [0.29, 0.717) is 19.3 Å². The fourth-order valence-corrected chi connectivity index (χ4v) is 10.5. The molecule has 0 aliphatic carbocycles. The minimum atomic E-state index is -0.789. The van der Waals surface area contributed by atoms with E-state index in [4.69, 9.17) is 14.2 Å². The molecule has 0 radical (unpaired) electrons. The molecule has 0 saturated heterocycles. The van der Waals surface area contributed by atoms with Gasteiger partial charge in [-0.25, -0.2) is 0 Å². The summed E-state index contributed by atoms with van der Waals surface area (Å²) in [6.07, 6.45) is 88.5. The summed E-state index contributed by atoms with van der Waals surface area (Å²) < 4.78 is 16.9. The average Bonchev–Trinajstić information content (AvgIpc) is 3.46. The Balaban J connectivity index is 4.09. The summed E-state index contributed by atoms with van der Waals surface area (Å²) in [5, 5.41) is 0. The molecule has 0 aromatic heterocycles. The Morgan fingerprint density at radius 1 is 0.263 bits per heavy atom. The van der Waals surface area contributed by atoms with Gasteiger partial charge in [-0.05, 0) is 64.2 Å². The zero-order chi connectivity index (χ0) is 57.8. The van der Waals surface area contributed by atoms with Gasteiger partial charge in [-0.15, -0.1) is 0 Å². The van der Waals surface area contributed by atoms with Crippen LogP contribution in [0.15, 0.2) is 60.8 Å². The summed E-state index contributed by atoms with van der Waals surface area (Å²) in [6.45, 7) is 6.54. The van der Waals surface area contributed by atoms with Crippen molar-refractivity contribution in [2.45, 2.75) is 380 Å². The van der Waals surface area contributed by atoms with E-state index in [1.165, 1.54) is 238 Å². The topological polar surface area (TPSA) is 78.9 Å². The van der Waals surface area contributed by atoms with Crippen molar-refractivity contribution in [3.63, 3.8) is 0 Å². The molecule has 6 nitrogen and oxygen atoms in total. The van der Waals surface area contributed by atoms with Crippen molar-refractivity contribution in [3.05, 3.63) is 60.8 Å². The third-order valence-electron chi connectivity index (χ3n) is 15.8. The number of hydrogen-bond acceptors (Lipinski definition) is 6. The number of allylic oxidation sites excluding steroid dienone is 10. The van der Waals surface area contributed by atoms with Gasteiger partial charge in [0.1, 0.15) is 13.2 Å². The molecule has 0 amide bonds. The maximum atomic E-state index is 12.9. The van der Waals surface area contributed by atoms with Crippen LogP contribution in [0, 0.1) is 0 Å². The highest BCUT2D eigenvalue weighted by Crippen LogP contribution is 2.19. The maximum absolute atomic E-state index is 12.9. The predicted molar refractivity (Wildman–Crippen MR) is 348 cm³/mol. The van der Waals surface area contributed by atoms with E-state index in [1.54, 1.807) is 0 Å². The highest BCUT2D eigenvalue weighted by atomic mass is 16.6. The van der Waals surface area contributed by atoms with Gasteiger partial charge in [-0.1, -0.05) is 351 Å². The highest BCUT2D eigenvalue weighted by molar-refractivity contribution is 5.71. The van der Waals surface area contributed by atoms with E-state index in [0.717, 1.165) is 96.3 Å². The summed E-state index contributed by atoms with van der Waals surface area (Å²) in [5.74, 6) is -0.898. The zero-order valence-corrected chi connectivity index (χ0v) is 53.6. The Kier molecular flexibility index (Phi) is 66.1. The smallest absolute Gasteiger partial charge is 0.306 e. The monoisotopic (exact) mass is 1120 g/mol. The van der Waals surface area contributed by atoms with Crippen LogP contribution < -0.4 is 0 Å². The molecule has 0 N–H and O–H groups in total. The van der Waals surface area contributed by atoms with Gasteiger partial charge in [-0.2, -0.15) is 0 Å². The number of rotatable bonds is 65. The molecular formula is C74H134O6. The van der Waals surface area contributed by atoms with E-state index in [1.807, 2.05) is 0 Å². The minimum absolute atomic E-state index is 0.0835. The number of carbonyl (C=O) groups excluding carboxylic acids is 3. The third-order valence-corrected chi connectivity index (χ3v) is 15.8. The molecule has 1 unspecified atom stereocenters. The van der Waals surface area contributed by atoms with E-state index >= 15 is 0 Å². The molecule has 0 heterocycles. The summed E-state index contributed by atoms with van der Waals surface area (Å²) in [5.41, 5.74) is 0. The number of unbranched alkanes of at least 4 members (excludes halogenated alkanes) is 44. The van der Waals surface area contributed by atoms with Crippen molar-refractivity contribution >= 4 is 17.9 Å². The average molecular weight is 1120 g/mol. The second kappa shape index (κ2) is 68.6. The van der Waals surface area contributed by atoms with E-state index < -0.39 is 6.10 Å². The predicted octanol–water partition coefficient (Wildman–Crippen LogP) is 24.3. The molecule has 1 atom stereocenters. The summed E-state index contributed by atoms with van der Waals surface area (Å²) in [4.78, 5) is 38.3. The van der Waals surface area contributed by atoms with Crippen molar-refractivity contribution < 1.29 is 28.6 Å². The van der Waals surface area contributed by atoms with Crippen LogP contribution in [0.25, 0.3) is 0 Å². The molecule has 0 aliphatic rings. The van der Waals surface area contributed by atoms with Gasteiger partial charge in [-0.3, -0.25) is 14.4 Å². The number of hydrogen-bond donors (Lipinski definition) is 0. The SMILES string of the molecule is CC/C=C\C/C=C\C/C=C\C/C=C\C/C=C\CCCCCC(=O)OC(COC(=O)CCCCCCCCCCCC)COC(=O)CCCCCCCCCCCCCCCCCCCCCCCCCCCCCCCCCCC. The quantitative estimate of drug-likeness (QED) is 0.0261. The lowest BCUT2D eigenvalue weighted by Gasteiger charge is -2.18. The van der Waals surface area contributed by atoms with Crippen molar-refractivity contribution in [2.75, 3.05) is 13.2 Å². The third kappa shape index (κ3) is 65.9.